The first-order valence-electron chi connectivity index (χ1n) is 9.55. The van der Waals surface area contributed by atoms with Crippen molar-refractivity contribution in [3.63, 3.8) is 0 Å². The van der Waals surface area contributed by atoms with Crippen molar-refractivity contribution in [3.8, 4) is 23.2 Å². The Balaban J connectivity index is 1.55. The summed E-state index contributed by atoms with van der Waals surface area (Å²) < 4.78 is 13.6. The van der Waals surface area contributed by atoms with Crippen LogP contribution in [0.2, 0.25) is 5.02 Å². The van der Waals surface area contributed by atoms with Crippen molar-refractivity contribution in [2.45, 2.75) is 44.9 Å². The normalized spacial score (nSPS) is 19.2. The topological polar surface area (TPSA) is 25.8 Å². The van der Waals surface area contributed by atoms with E-state index in [2.05, 4.69) is 28.4 Å². The maximum absolute atomic E-state index is 13.6. The third kappa shape index (κ3) is 5.65. The molecular weight excluding hydrogens is 359 g/mol. The second kappa shape index (κ2) is 9.67. The van der Waals surface area contributed by atoms with Crippen molar-refractivity contribution in [1.82, 2.24) is 9.97 Å². The molecule has 0 saturated heterocycles. The van der Waals surface area contributed by atoms with Crippen LogP contribution in [0.15, 0.2) is 43.2 Å². The van der Waals surface area contributed by atoms with Crippen molar-refractivity contribution < 1.29 is 4.39 Å². The van der Waals surface area contributed by atoms with Gasteiger partial charge in [-0.3, -0.25) is 0 Å². The molecule has 0 aliphatic heterocycles. The molecule has 0 radical (unpaired) electrons. The van der Waals surface area contributed by atoms with E-state index in [1.807, 2.05) is 6.08 Å². The average molecular weight is 383 g/mol. The van der Waals surface area contributed by atoms with Gasteiger partial charge in [0.1, 0.15) is 5.82 Å². The number of nitrogens with zero attached hydrogens (tertiary/aromatic N) is 2. The fourth-order valence-corrected chi connectivity index (χ4v) is 3.63. The minimum absolute atomic E-state index is 0.0941. The van der Waals surface area contributed by atoms with Crippen LogP contribution in [-0.2, 0) is 0 Å². The molecule has 1 aliphatic rings. The van der Waals surface area contributed by atoms with Crippen LogP contribution in [0.5, 0.6) is 0 Å². The molecule has 1 aliphatic carbocycles. The first-order valence-corrected chi connectivity index (χ1v) is 9.93. The highest BCUT2D eigenvalue weighted by Gasteiger charge is 2.19. The van der Waals surface area contributed by atoms with E-state index in [9.17, 15) is 4.39 Å². The van der Waals surface area contributed by atoms with Crippen LogP contribution in [0.3, 0.4) is 0 Å². The minimum atomic E-state index is -0.471. The summed E-state index contributed by atoms with van der Waals surface area (Å²) in [6.45, 7) is 3.79. The van der Waals surface area contributed by atoms with Gasteiger partial charge >= 0.3 is 0 Å². The number of benzene rings is 1. The van der Waals surface area contributed by atoms with Gasteiger partial charge in [-0.05, 0) is 62.6 Å². The summed E-state index contributed by atoms with van der Waals surface area (Å²) in [5, 5.41) is 0.0941. The van der Waals surface area contributed by atoms with E-state index in [1.165, 1.54) is 50.7 Å². The third-order valence-electron chi connectivity index (χ3n) is 5.12. The van der Waals surface area contributed by atoms with E-state index in [0.717, 1.165) is 17.9 Å². The highest BCUT2D eigenvalue weighted by Crippen LogP contribution is 2.31. The van der Waals surface area contributed by atoms with Gasteiger partial charge in [0, 0.05) is 23.9 Å². The van der Waals surface area contributed by atoms with E-state index < -0.39 is 5.82 Å². The van der Waals surface area contributed by atoms with Crippen LogP contribution in [0.4, 0.5) is 4.39 Å². The highest BCUT2D eigenvalue weighted by atomic mass is 35.5. The summed E-state index contributed by atoms with van der Waals surface area (Å²) in [6, 6.07) is 4.56. The zero-order chi connectivity index (χ0) is 19.1. The molecule has 0 spiro atoms. The summed E-state index contributed by atoms with van der Waals surface area (Å²) in [5.74, 6) is 7.89. The lowest BCUT2D eigenvalue weighted by atomic mass is 9.80. The van der Waals surface area contributed by atoms with E-state index in [1.54, 1.807) is 18.5 Å². The quantitative estimate of drug-likeness (QED) is 0.337. The molecule has 27 heavy (non-hydrogen) atoms. The Labute approximate surface area is 165 Å². The van der Waals surface area contributed by atoms with Crippen molar-refractivity contribution in [1.29, 1.82) is 0 Å². The van der Waals surface area contributed by atoms with Gasteiger partial charge in [0.15, 0.2) is 5.82 Å². The monoisotopic (exact) mass is 382 g/mol. The van der Waals surface area contributed by atoms with Crippen LogP contribution in [0.1, 0.15) is 50.5 Å². The predicted octanol–water partition coefficient (Wildman–Crippen LogP) is 6.45. The summed E-state index contributed by atoms with van der Waals surface area (Å²) in [6.07, 6.45) is 14.0. The second-order valence-corrected chi connectivity index (χ2v) is 7.54. The first kappa shape index (κ1) is 19.6. The fourth-order valence-electron chi connectivity index (χ4n) is 3.51. The Morgan fingerprint density at radius 2 is 1.93 bits per heavy atom. The number of hydrogen-bond acceptors (Lipinski definition) is 2. The Morgan fingerprint density at radius 3 is 2.59 bits per heavy atom. The summed E-state index contributed by atoms with van der Waals surface area (Å²) >= 11 is 5.71. The molecule has 0 amide bonds. The maximum atomic E-state index is 13.6. The number of hydrogen-bond donors (Lipinski definition) is 0. The van der Waals surface area contributed by atoms with E-state index in [4.69, 9.17) is 11.6 Å². The molecule has 2 aromatic rings. The molecule has 140 valence electrons. The fraction of sp³-hybridized carbons (Fsp3) is 0.391. The van der Waals surface area contributed by atoms with Crippen molar-refractivity contribution >= 4 is 11.6 Å². The molecule has 0 atom stereocenters. The van der Waals surface area contributed by atoms with Gasteiger partial charge in [-0.2, -0.15) is 0 Å². The molecule has 0 bridgehead atoms. The lowest BCUT2D eigenvalue weighted by molar-refractivity contribution is 0.297. The molecule has 3 rings (SSSR count). The number of unbranched alkanes of at least 4 members (excludes halogenated alkanes) is 1. The van der Waals surface area contributed by atoms with Crippen molar-refractivity contribution in [3.05, 3.63) is 59.7 Å². The number of halogens is 2. The summed E-state index contributed by atoms with van der Waals surface area (Å²) in [5.41, 5.74) is 1.40. The molecule has 0 N–H and O–H groups in total. The van der Waals surface area contributed by atoms with E-state index in [0.29, 0.717) is 17.3 Å². The van der Waals surface area contributed by atoms with Crippen molar-refractivity contribution in [2.24, 2.45) is 11.8 Å². The Kier molecular flexibility index (Phi) is 7.01. The zero-order valence-corrected chi connectivity index (χ0v) is 16.2. The Morgan fingerprint density at radius 1 is 1.19 bits per heavy atom. The van der Waals surface area contributed by atoms with Crippen molar-refractivity contribution in [2.75, 3.05) is 0 Å². The summed E-state index contributed by atoms with van der Waals surface area (Å²) in [4.78, 5) is 8.61. The number of aromatic nitrogens is 2. The van der Waals surface area contributed by atoms with Gasteiger partial charge in [0.05, 0.1) is 10.6 Å². The highest BCUT2D eigenvalue weighted by molar-refractivity contribution is 6.30. The Hall–Kier alpha value is -2.18. The molecule has 0 unspecified atom stereocenters. The molecule has 1 fully saturated rings. The molecule has 1 heterocycles. The number of allylic oxidation sites excluding steroid dienone is 1. The van der Waals surface area contributed by atoms with Gasteiger partial charge in [-0.15, -0.1) is 6.58 Å². The zero-order valence-electron chi connectivity index (χ0n) is 15.4. The molecule has 1 aromatic carbocycles. The van der Waals surface area contributed by atoms with Crippen LogP contribution in [-0.4, -0.2) is 9.97 Å². The molecule has 4 heteroatoms. The van der Waals surface area contributed by atoms with Gasteiger partial charge in [0.25, 0.3) is 0 Å². The largest absolute Gasteiger partial charge is 0.235 e. The third-order valence-corrected chi connectivity index (χ3v) is 5.42. The van der Waals surface area contributed by atoms with Crippen LogP contribution >= 0.6 is 11.6 Å². The average Bonchev–Trinajstić information content (AvgIpc) is 2.70. The van der Waals surface area contributed by atoms with Gasteiger partial charge in [-0.1, -0.05) is 35.9 Å². The van der Waals surface area contributed by atoms with Crippen LogP contribution < -0.4 is 0 Å². The van der Waals surface area contributed by atoms with Crippen LogP contribution in [0, 0.1) is 29.5 Å². The van der Waals surface area contributed by atoms with Crippen LogP contribution in [0.25, 0.3) is 11.4 Å². The minimum Gasteiger partial charge on any atom is -0.235 e. The molecule has 1 saturated carbocycles. The maximum Gasteiger partial charge on any atom is 0.159 e. The Bertz CT molecular complexity index is 828. The smallest absolute Gasteiger partial charge is 0.159 e. The second-order valence-electron chi connectivity index (χ2n) is 7.13. The lowest BCUT2D eigenvalue weighted by Crippen LogP contribution is -2.13. The van der Waals surface area contributed by atoms with Gasteiger partial charge < -0.3 is 0 Å². The molecular formula is C23H24ClFN2. The predicted molar refractivity (Wildman–Crippen MR) is 109 cm³/mol. The lowest BCUT2D eigenvalue weighted by Gasteiger charge is -2.25. The van der Waals surface area contributed by atoms with E-state index in [-0.39, 0.29) is 5.02 Å². The molecule has 1 aromatic heterocycles. The number of rotatable bonds is 5. The van der Waals surface area contributed by atoms with Gasteiger partial charge in [0.2, 0.25) is 0 Å². The SMILES string of the molecule is C=CCCCC1CCC(C#Cc2cnc(-c3ccc(Cl)c(F)c3)nc2)CC1. The molecule has 2 nitrogen and oxygen atoms in total. The summed E-state index contributed by atoms with van der Waals surface area (Å²) in [7, 11) is 0. The standard InChI is InChI=1S/C23H24ClFN2/c1-2-3-4-5-17-6-8-18(9-7-17)10-11-19-15-26-23(27-16-19)20-12-13-21(24)22(25)14-20/h2,12-18H,1,3-9H2. The van der Waals surface area contributed by atoms with E-state index >= 15 is 0 Å². The van der Waals surface area contributed by atoms with Gasteiger partial charge in [-0.25, -0.2) is 14.4 Å². The first-order chi connectivity index (χ1) is 13.2.